The lowest BCUT2D eigenvalue weighted by Crippen LogP contribution is -2.27. The van der Waals surface area contributed by atoms with Crippen LogP contribution < -0.4 is 0 Å². The predicted octanol–water partition coefficient (Wildman–Crippen LogP) is 3.71. The molecule has 1 saturated carbocycles. The number of hydrogen-bond acceptors (Lipinski definition) is 2. The molecule has 0 aromatic heterocycles. The molecule has 0 bridgehead atoms. The summed E-state index contributed by atoms with van der Waals surface area (Å²) >= 11 is 0. The largest absolute Gasteiger partial charge is 0.302 e. The monoisotopic (exact) mass is 260 g/mol. The summed E-state index contributed by atoms with van der Waals surface area (Å²) < 4.78 is 14.0. The maximum atomic E-state index is 14.0. The standard InChI is InChI=1S/C16H21FN2/c1-19(11-13-6-3-2-4-7-13)12-15-9-5-8-14(10-18)16(15)17/h5,8-9,13H,2-4,6-7,11-12H2,1H3. The third kappa shape index (κ3) is 3.78. The van der Waals surface area contributed by atoms with Crippen molar-refractivity contribution in [1.29, 1.82) is 5.26 Å². The summed E-state index contributed by atoms with van der Waals surface area (Å²) in [4.78, 5) is 2.18. The molecule has 0 amide bonds. The molecule has 0 spiro atoms. The van der Waals surface area contributed by atoms with Gasteiger partial charge in [0.15, 0.2) is 0 Å². The Morgan fingerprint density at radius 1 is 1.32 bits per heavy atom. The molecule has 0 atom stereocenters. The van der Waals surface area contributed by atoms with Crippen molar-refractivity contribution >= 4 is 0 Å². The van der Waals surface area contributed by atoms with E-state index in [1.54, 1.807) is 12.1 Å². The molecule has 1 aromatic rings. The number of hydrogen-bond donors (Lipinski definition) is 0. The van der Waals surface area contributed by atoms with Gasteiger partial charge in [-0.1, -0.05) is 31.4 Å². The molecule has 0 N–H and O–H groups in total. The zero-order valence-corrected chi connectivity index (χ0v) is 11.5. The molecular weight excluding hydrogens is 239 g/mol. The molecule has 2 nitrogen and oxygen atoms in total. The lowest BCUT2D eigenvalue weighted by molar-refractivity contribution is 0.226. The van der Waals surface area contributed by atoms with Crippen LogP contribution in [-0.4, -0.2) is 18.5 Å². The second-order valence-electron chi connectivity index (χ2n) is 5.59. The second kappa shape index (κ2) is 6.68. The number of nitriles is 1. The molecule has 19 heavy (non-hydrogen) atoms. The van der Waals surface area contributed by atoms with E-state index in [0.29, 0.717) is 12.1 Å². The Labute approximate surface area is 114 Å². The van der Waals surface area contributed by atoms with Crippen molar-refractivity contribution in [3.8, 4) is 6.07 Å². The number of halogens is 1. The highest BCUT2D eigenvalue weighted by atomic mass is 19.1. The Morgan fingerprint density at radius 2 is 2.05 bits per heavy atom. The predicted molar refractivity (Wildman–Crippen MR) is 74.0 cm³/mol. The SMILES string of the molecule is CN(Cc1cccc(C#N)c1F)CC1CCCCC1. The molecule has 0 unspecified atom stereocenters. The summed E-state index contributed by atoms with van der Waals surface area (Å²) in [7, 11) is 2.03. The molecule has 0 aliphatic heterocycles. The van der Waals surface area contributed by atoms with Crippen molar-refractivity contribution in [3.63, 3.8) is 0 Å². The van der Waals surface area contributed by atoms with Gasteiger partial charge in [-0.2, -0.15) is 5.26 Å². The van der Waals surface area contributed by atoms with Crippen LogP contribution >= 0.6 is 0 Å². The molecule has 3 heteroatoms. The van der Waals surface area contributed by atoms with Gasteiger partial charge in [0.1, 0.15) is 11.9 Å². The molecule has 1 aliphatic carbocycles. The topological polar surface area (TPSA) is 27.0 Å². The molecule has 1 fully saturated rings. The van der Waals surface area contributed by atoms with Gasteiger partial charge in [-0.3, -0.25) is 0 Å². The molecule has 1 aromatic carbocycles. The van der Waals surface area contributed by atoms with Crippen molar-refractivity contribution in [3.05, 3.63) is 35.1 Å². The Kier molecular flexibility index (Phi) is 4.93. The van der Waals surface area contributed by atoms with Crippen molar-refractivity contribution in [1.82, 2.24) is 4.90 Å². The van der Waals surface area contributed by atoms with E-state index in [9.17, 15) is 4.39 Å². The van der Waals surface area contributed by atoms with Gasteiger partial charge in [-0.25, -0.2) is 4.39 Å². The zero-order chi connectivity index (χ0) is 13.7. The van der Waals surface area contributed by atoms with Crippen LogP contribution in [0, 0.1) is 23.1 Å². The first-order valence-electron chi connectivity index (χ1n) is 7.06. The lowest BCUT2D eigenvalue weighted by Gasteiger charge is -2.27. The van der Waals surface area contributed by atoms with Gasteiger partial charge in [0, 0.05) is 18.7 Å². The van der Waals surface area contributed by atoms with Crippen molar-refractivity contribution in [2.75, 3.05) is 13.6 Å². The summed E-state index contributed by atoms with van der Waals surface area (Å²) in [5, 5.41) is 8.83. The van der Waals surface area contributed by atoms with E-state index in [0.717, 1.165) is 12.5 Å². The summed E-state index contributed by atoms with van der Waals surface area (Å²) in [5.41, 5.74) is 0.765. The van der Waals surface area contributed by atoms with E-state index in [4.69, 9.17) is 5.26 Å². The van der Waals surface area contributed by atoms with Gasteiger partial charge in [0.05, 0.1) is 5.56 Å². The Balaban J connectivity index is 1.95. The molecule has 0 radical (unpaired) electrons. The van der Waals surface area contributed by atoms with Crippen molar-refractivity contribution < 1.29 is 4.39 Å². The first-order valence-corrected chi connectivity index (χ1v) is 7.06. The maximum Gasteiger partial charge on any atom is 0.145 e. The van der Waals surface area contributed by atoms with E-state index in [1.165, 1.54) is 38.2 Å². The molecule has 1 aliphatic rings. The lowest BCUT2D eigenvalue weighted by atomic mass is 9.89. The van der Waals surface area contributed by atoms with Crippen LogP contribution in [0.2, 0.25) is 0 Å². The summed E-state index contributed by atoms with van der Waals surface area (Å²) in [6.07, 6.45) is 6.61. The Bertz CT molecular complexity index is 458. The van der Waals surface area contributed by atoms with Gasteiger partial charge < -0.3 is 4.90 Å². The van der Waals surface area contributed by atoms with Crippen molar-refractivity contribution in [2.45, 2.75) is 38.6 Å². The molecular formula is C16H21FN2. The highest BCUT2D eigenvalue weighted by Crippen LogP contribution is 2.24. The summed E-state index contributed by atoms with van der Waals surface area (Å²) in [6, 6.07) is 6.95. The molecule has 2 rings (SSSR count). The van der Waals surface area contributed by atoms with E-state index < -0.39 is 0 Å². The Morgan fingerprint density at radius 3 is 2.74 bits per heavy atom. The third-order valence-electron chi connectivity index (χ3n) is 3.93. The summed E-state index contributed by atoms with van der Waals surface area (Å²) in [5.74, 6) is 0.390. The van der Waals surface area contributed by atoms with Crippen LogP contribution in [0.15, 0.2) is 18.2 Å². The number of rotatable bonds is 4. The fourth-order valence-electron chi connectivity index (χ4n) is 2.95. The van der Waals surface area contributed by atoms with Crippen molar-refractivity contribution in [2.24, 2.45) is 5.92 Å². The second-order valence-corrected chi connectivity index (χ2v) is 5.59. The normalized spacial score (nSPS) is 16.5. The van der Waals surface area contributed by atoms with Crippen LogP contribution in [-0.2, 0) is 6.54 Å². The number of nitrogens with zero attached hydrogens (tertiary/aromatic N) is 2. The highest BCUT2D eigenvalue weighted by molar-refractivity contribution is 5.34. The molecule has 102 valence electrons. The average molecular weight is 260 g/mol. The summed E-state index contributed by atoms with van der Waals surface area (Å²) in [6.45, 7) is 1.61. The maximum absolute atomic E-state index is 14.0. The third-order valence-corrected chi connectivity index (χ3v) is 3.93. The fraction of sp³-hybridized carbons (Fsp3) is 0.562. The zero-order valence-electron chi connectivity index (χ0n) is 11.5. The van der Waals surface area contributed by atoms with Gasteiger partial charge in [0.2, 0.25) is 0 Å². The first kappa shape index (κ1) is 14.0. The van der Waals surface area contributed by atoms with Crippen LogP contribution in [0.3, 0.4) is 0 Å². The van der Waals surface area contributed by atoms with Gasteiger partial charge in [-0.15, -0.1) is 0 Å². The van der Waals surface area contributed by atoms with E-state index in [-0.39, 0.29) is 11.4 Å². The van der Waals surface area contributed by atoms with E-state index in [2.05, 4.69) is 4.90 Å². The quantitative estimate of drug-likeness (QED) is 0.825. The van der Waals surface area contributed by atoms with Crippen LogP contribution in [0.1, 0.15) is 43.2 Å². The van der Waals surface area contributed by atoms with Crippen LogP contribution in [0.5, 0.6) is 0 Å². The van der Waals surface area contributed by atoms with Crippen LogP contribution in [0.25, 0.3) is 0 Å². The minimum Gasteiger partial charge on any atom is -0.302 e. The van der Waals surface area contributed by atoms with E-state index >= 15 is 0 Å². The van der Waals surface area contributed by atoms with Crippen LogP contribution in [0.4, 0.5) is 4.39 Å². The molecule has 0 heterocycles. The van der Waals surface area contributed by atoms with E-state index in [1.807, 2.05) is 13.1 Å². The fourth-order valence-corrected chi connectivity index (χ4v) is 2.95. The Hall–Kier alpha value is -1.40. The smallest absolute Gasteiger partial charge is 0.145 e. The van der Waals surface area contributed by atoms with Gasteiger partial charge in [0.25, 0.3) is 0 Å². The minimum absolute atomic E-state index is 0.142. The first-order chi connectivity index (χ1) is 9.20. The minimum atomic E-state index is -0.361. The average Bonchev–Trinajstić information content (AvgIpc) is 2.42. The van der Waals surface area contributed by atoms with Gasteiger partial charge in [-0.05, 0) is 31.9 Å². The number of benzene rings is 1. The molecule has 0 saturated heterocycles. The highest BCUT2D eigenvalue weighted by Gasteiger charge is 2.16. The van der Waals surface area contributed by atoms with Gasteiger partial charge >= 0.3 is 0 Å².